The molecule has 0 radical (unpaired) electrons. The molecule has 0 aliphatic heterocycles. The number of hydrogen-bond acceptors (Lipinski definition) is 3. The second kappa shape index (κ2) is 5.45. The Kier molecular flexibility index (Phi) is 3.64. The summed E-state index contributed by atoms with van der Waals surface area (Å²) in [5, 5.41) is 1.31. The van der Waals surface area contributed by atoms with Gasteiger partial charge >= 0.3 is 0 Å². The molecule has 2 heterocycles. The maximum absolute atomic E-state index is 12.8. The predicted octanol–water partition coefficient (Wildman–Crippen LogP) is 3.52. The van der Waals surface area contributed by atoms with E-state index in [0.717, 1.165) is 23.0 Å². The van der Waals surface area contributed by atoms with Gasteiger partial charge in [0.2, 0.25) is 0 Å². The van der Waals surface area contributed by atoms with Crippen molar-refractivity contribution in [3.05, 3.63) is 45.6 Å². The van der Waals surface area contributed by atoms with Gasteiger partial charge in [-0.05, 0) is 50.1 Å². The van der Waals surface area contributed by atoms with Gasteiger partial charge in [0.05, 0.1) is 5.52 Å². The molecule has 0 N–H and O–H groups in total. The molecule has 2 aromatic heterocycles. The Hall–Kier alpha value is -1.94. The molecule has 2 aromatic rings. The summed E-state index contributed by atoms with van der Waals surface area (Å²) >= 11 is 5.99. The molecule has 0 bridgehead atoms. The fourth-order valence-electron chi connectivity index (χ4n) is 2.48. The van der Waals surface area contributed by atoms with E-state index in [-0.39, 0.29) is 5.56 Å². The van der Waals surface area contributed by atoms with Gasteiger partial charge < -0.3 is 4.57 Å². The van der Waals surface area contributed by atoms with E-state index in [2.05, 4.69) is 16.7 Å². The molecule has 0 unspecified atom stereocenters. The molecular weight excluding hydrogens is 286 g/mol. The summed E-state index contributed by atoms with van der Waals surface area (Å²) in [6.45, 7) is 6.04. The van der Waals surface area contributed by atoms with Crippen molar-refractivity contribution in [1.29, 1.82) is 0 Å². The lowest BCUT2D eigenvalue weighted by Gasteiger charge is -2.13. The molecule has 0 atom stereocenters. The molecule has 1 aliphatic carbocycles. The Balaban J connectivity index is 2.28. The van der Waals surface area contributed by atoms with Crippen molar-refractivity contribution in [2.24, 2.45) is 10.9 Å². The Bertz CT molecular complexity index is 803. The average Bonchev–Trinajstić information content (AvgIpc) is 3.26. The number of rotatable bonds is 4. The zero-order chi connectivity index (χ0) is 15.0. The van der Waals surface area contributed by atoms with Crippen molar-refractivity contribution >= 4 is 34.8 Å². The van der Waals surface area contributed by atoms with Crippen molar-refractivity contribution in [1.82, 2.24) is 9.55 Å². The van der Waals surface area contributed by atoms with E-state index >= 15 is 0 Å². The first kappa shape index (κ1) is 14.0. The molecule has 0 saturated heterocycles. The van der Waals surface area contributed by atoms with Crippen molar-refractivity contribution in [2.75, 3.05) is 0 Å². The quantitative estimate of drug-likeness (QED) is 0.641. The summed E-state index contributed by atoms with van der Waals surface area (Å²) in [6.07, 6.45) is 5.67. The number of aliphatic imine (C=N–C) groups is 1. The minimum Gasteiger partial charge on any atom is -0.307 e. The third-order valence-electron chi connectivity index (χ3n) is 3.79. The maximum Gasteiger partial charge on any atom is 0.258 e. The van der Waals surface area contributed by atoms with Crippen molar-refractivity contribution in [3.8, 4) is 0 Å². The number of allylic oxidation sites excluding steroid dienone is 1. The highest BCUT2D eigenvalue weighted by atomic mass is 35.5. The molecule has 0 amide bonds. The van der Waals surface area contributed by atoms with Crippen LogP contribution in [0.15, 0.2) is 34.3 Å². The summed E-state index contributed by atoms with van der Waals surface area (Å²) in [5.74, 6) is 0.593. The summed E-state index contributed by atoms with van der Waals surface area (Å²) in [5.41, 5.74) is 2.28. The smallest absolute Gasteiger partial charge is 0.258 e. The maximum atomic E-state index is 12.8. The van der Waals surface area contributed by atoms with Crippen LogP contribution in [0, 0.1) is 5.92 Å². The van der Waals surface area contributed by atoms with Gasteiger partial charge in [-0.25, -0.2) is 4.98 Å². The minimum atomic E-state index is -0.00549. The average molecular weight is 302 g/mol. The zero-order valence-electron chi connectivity index (χ0n) is 11.8. The fraction of sp³-hybridized carbons (Fsp3) is 0.312. The highest BCUT2D eigenvalue weighted by Gasteiger charge is 2.24. The summed E-state index contributed by atoms with van der Waals surface area (Å²) < 4.78 is 1.82. The van der Waals surface area contributed by atoms with E-state index in [9.17, 15) is 4.79 Å². The number of fused-ring (bicyclic) bond motifs is 1. The summed E-state index contributed by atoms with van der Waals surface area (Å²) in [4.78, 5) is 20.6. The molecule has 1 aliphatic rings. The van der Waals surface area contributed by atoms with Gasteiger partial charge in [-0.2, -0.15) is 0 Å². The first-order chi connectivity index (χ1) is 10.1. The monoisotopic (exact) mass is 301 g/mol. The van der Waals surface area contributed by atoms with Crippen LogP contribution in [-0.2, 0) is 6.54 Å². The van der Waals surface area contributed by atoms with Gasteiger partial charge in [0, 0.05) is 29.9 Å². The van der Waals surface area contributed by atoms with Crippen LogP contribution in [0.3, 0.4) is 0 Å². The van der Waals surface area contributed by atoms with E-state index in [1.807, 2.05) is 17.6 Å². The number of pyridine rings is 2. The third-order valence-corrected chi connectivity index (χ3v) is 4.00. The van der Waals surface area contributed by atoms with Gasteiger partial charge in [-0.1, -0.05) is 11.6 Å². The molecule has 21 heavy (non-hydrogen) atoms. The first-order valence-electron chi connectivity index (χ1n) is 6.92. The topological polar surface area (TPSA) is 47.2 Å². The van der Waals surface area contributed by atoms with Crippen molar-refractivity contribution < 1.29 is 0 Å². The van der Waals surface area contributed by atoms with Crippen molar-refractivity contribution in [2.45, 2.75) is 26.3 Å². The molecule has 108 valence electrons. The molecule has 4 nitrogen and oxygen atoms in total. The second-order valence-electron chi connectivity index (χ2n) is 5.48. The summed E-state index contributed by atoms with van der Waals surface area (Å²) in [7, 11) is 0. The normalized spacial score (nSPS) is 15.4. The molecule has 1 saturated carbocycles. The van der Waals surface area contributed by atoms with E-state index < -0.39 is 0 Å². The van der Waals surface area contributed by atoms with E-state index in [4.69, 9.17) is 11.6 Å². The van der Waals surface area contributed by atoms with Crippen LogP contribution >= 0.6 is 11.6 Å². The highest BCUT2D eigenvalue weighted by molar-refractivity contribution is 6.30. The van der Waals surface area contributed by atoms with Crippen LogP contribution < -0.4 is 5.56 Å². The van der Waals surface area contributed by atoms with E-state index in [1.54, 1.807) is 18.5 Å². The van der Waals surface area contributed by atoms with Crippen LogP contribution in [0.4, 0.5) is 0 Å². The van der Waals surface area contributed by atoms with Crippen LogP contribution in [0.2, 0.25) is 5.15 Å². The van der Waals surface area contributed by atoms with Gasteiger partial charge in [-0.3, -0.25) is 9.79 Å². The van der Waals surface area contributed by atoms with Crippen LogP contribution in [0.25, 0.3) is 16.5 Å². The first-order valence-corrected chi connectivity index (χ1v) is 7.30. The zero-order valence-corrected chi connectivity index (χ0v) is 12.6. The fourth-order valence-corrected chi connectivity index (χ4v) is 2.63. The highest BCUT2D eigenvalue weighted by Crippen LogP contribution is 2.31. The Morgan fingerprint density at radius 1 is 1.57 bits per heavy atom. The summed E-state index contributed by atoms with van der Waals surface area (Å²) in [6, 6.07) is 3.61. The number of halogens is 1. The Morgan fingerprint density at radius 3 is 3.00 bits per heavy atom. The number of nitrogens with zero attached hydrogens (tertiary/aromatic N) is 3. The molecule has 0 spiro atoms. The SMILES string of the molecule is C=N/C=C(\C)c1cc2cnc(Cl)cc2n(CC2CC2)c1=O. The van der Waals surface area contributed by atoms with Gasteiger partial charge in [0.15, 0.2) is 0 Å². The van der Waals surface area contributed by atoms with Crippen molar-refractivity contribution in [3.63, 3.8) is 0 Å². The van der Waals surface area contributed by atoms with Crippen LogP contribution in [0.1, 0.15) is 25.3 Å². The molecule has 5 heteroatoms. The van der Waals surface area contributed by atoms with Crippen LogP contribution in [0.5, 0.6) is 0 Å². The lowest BCUT2D eigenvalue weighted by Crippen LogP contribution is -2.24. The predicted molar refractivity (Wildman–Crippen MR) is 86.9 cm³/mol. The molecule has 0 aromatic carbocycles. The number of aromatic nitrogens is 2. The largest absolute Gasteiger partial charge is 0.307 e. The second-order valence-corrected chi connectivity index (χ2v) is 5.86. The standard InChI is InChI=1S/C16H16ClN3O/c1-10(7-18-2)13-5-12-8-19-15(17)6-14(12)20(16(13)21)9-11-3-4-11/h5-8,11H,2-4,9H2,1H3/b10-7+. The van der Waals surface area contributed by atoms with E-state index in [1.165, 1.54) is 12.8 Å². The minimum absolute atomic E-state index is 0.00549. The van der Waals surface area contributed by atoms with Gasteiger partial charge in [0.25, 0.3) is 5.56 Å². The molecule has 1 fully saturated rings. The third kappa shape index (κ3) is 2.76. The van der Waals surface area contributed by atoms with Gasteiger partial charge in [-0.15, -0.1) is 0 Å². The van der Waals surface area contributed by atoms with E-state index in [0.29, 0.717) is 16.6 Å². The molecule has 3 rings (SSSR count). The Morgan fingerprint density at radius 2 is 2.33 bits per heavy atom. The Labute approximate surface area is 127 Å². The number of hydrogen-bond donors (Lipinski definition) is 0. The molecular formula is C16H16ClN3O. The van der Waals surface area contributed by atoms with Gasteiger partial charge in [0.1, 0.15) is 5.15 Å². The lowest BCUT2D eigenvalue weighted by molar-refractivity contribution is 0.626. The van der Waals surface area contributed by atoms with Crippen LogP contribution in [-0.4, -0.2) is 16.3 Å². The lowest BCUT2D eigenvalue weighted by atomic mass is 10.1.